The molecule has 0 atom stereocenters. The maximum Gasteiger partial charge on any atom is 0.264 e. The molecule has 0 spiro atoms. The van der Waals surface area contributed by atoms with Crippen molar-refractivity contribution in [1.82, 2.24) is 0 Å². The predicted octanol–water partition coefficient (Wildman–Crippen LogP) is -0.514. The highest BCUT2D eigenvalue weighted by Gasteiger charge is 1.93. The maximum atomic E-state index is 9.78. The van der Waals surface area contributed by atoms with Gasteiger partial charge in [0.15, 0.2) is 0 Å². The van der Waals surface area contributed by atoms with Crippen molar-refractivity contribution < 1.29 is 25.6 Å². The molecule has 0 rings (SSSR count). The fraction of sp³-hybridized carbons (Fsp3) is 1.00. The first-order chi connectivity index (χ1) is 5.12. The molecule has 0 amide bonds. The second kappa shape index (κ2) is 5.46. The van der Waals surface area contributed by atoms with Crippen molar-refractivity contribution in [2.75, 3.05) is 19.1 Å². The molecule has 0 aliphatic heterocycles. The van der Waals surface area contributed by atoms with E-state index in [0.717, 1.165) is 13.4 Å². The van der Waals surface area contributed by atoms with Crippen molar-refractivity contribution >= 4 is 20.2 Å². The molecule has 0 aliphatic carbocycles. The average molecular weight is 220 g/mol. The first-order valence-electron chi connectivity index (χ1n) is 2.83. The highest BCUT2D eigenvalue weighted by molar-refractivity contribution is 7.86. The highest BCUT2D eigenvalue weighted by atomic mass is 32.2. The van der Waals surface area contributed by atoms with Crippen LogP contribution in [-0.2, 0) is 24.4 Å². The topological polar surface area (TPSA) is 97.7 Å². The van der Waals surface area contributed by atoms with Crippen molar-refractivity contribution in [3.63, 3.8) is 0 Å². The van der Waals surface area contributed by atoms with Crippen LogP contribution >= 0.6 is 0 Å². The molecule has 12 heavy (non-hydrogen) atoms. The van der Waals surface area contributed by atoms with Crippen LogP contribution in [0.3, 0.4) is 0 Å². The standard InChI is InChI=1S/2C2H6O3S/c1-5-6(2,3)4;1-2-6(3,4)5/h1-2H3;2H2,1H3,(H,3,4,5). The van der Waals surface area contributed by atoms with Gasteiger partial charge in [-0.3, -0.25) is 8.74 Å². The molecular formula is C4H12O6S2. The number of hydrogen-bond acceptors (Lipinski definition) is 5. The van der Waals surface area contributed by atoms with E-state index in [1.807, 2.05) is 0 Å². The van der Waals surface area contributed by atoms with Gasteiger partial charge in [-0.1, -0.05) is 0 Å². The summed E-state index contributed by atoms with van der Waals surface area (Å²) >= 11 is 0. The van der Waals surface area contributed by atoms with Gasteiger partial charge in [-0.15, -0.1) is 0 Å². The van der Waals surface area contributed by atoms with Gasteiger partial charge in [0.05, 0.1) is 19.1 Å². The van der Waals surface area contributed by atoms with Gasteiger partial charge in [0.1, 0.15) is 0 Å². The van der Waals surface area contributed by atoms with E-state index in [0.29, 0.717) is 0 Å². The van der Waals surface area contributed by atoms with E-state index < -0.39 is 20.2 Å². The molecule has 0 heterocycles. The molecule has 0 aliphatic rings. The number of hydrogen-bond donors (Lipinski definition) is 1. The summed E-state index contributed by atoms with van der Waals surface area (Å²) in [6, 6.07) is 0. The van der Waals surface area contributed by atoms with Crippen LogP contribution in [0.25, 0.3) is 0 Å². The monoisotopic (exact) mass is 220 g/mol. The van der Waals surface area contributed by atoms with Crippen molar-refractivity contribution in [1.29, 1.82) is 0 Å². The van der Waals surface area contributed by atoms with Crippen LogP contribution in [0, 0.1) is 0 Å². The van der Waals surface area contributed by atoms with E-state index in [9.17, 15) is 16.8 Å². The Balaban J connectivity index is 0. The smallest absolute Gasteiger partial charge is 0.264 e. The van der Waals surface area contributed by atoms with Gasteiger partial charge in [0.25, 0.3) is 20.2 Å². The maximum absolute atomic E-state index is 9.78. The summed E-state index contributed by atoms with van der Waals surface area (Å²) in [5.41, 5.74) is 0. The van der Waals surface area contributed by atoms with Gasteiger partial charge in [0, 0.05) is 0 Å². The summed E-state index contributed by atoms with van der Waals surface area (Å²) in [5, 5.41) is 0. The van der Waals surface area contributed by atoms with Gasteiger partial charge in [-0.2, -0.15) is 16.8 Å². The van der Waals surface area contributed by atoms with E-state index in [2.05, 4.69) is 4.18 Å². The van der Waals surface area contributed by atoms with Crippen LogP contribution in [0.4, 0.5) is 0 Å². The Morgan fingerprint density at radius 2 is 1.42 bits per heavy atom. The summed E-state index contributed by atoms with van der Waals surface area (Å²) in [6.45, 7) is 1.37. The Hall–Kier alpha value is -0.180. The van der Waals surface area contributed by atoms with Crippen LogP contribution in [-0.4, -0.2) is 40.5 Å². The van der Waals surface area contributed by atoms with Crippen LogP contribution in [0.5, 0.6) is 0 Å². The molecule has 1 N–H and O–H groups in total. The van der Waals surface area contributed by atoms with E-state index in [1.54, 1.807) is 0 Å². The normalized spacial score (nSPS) is 11.7. The molecule has 0 aromatic heterocycles. The summed E-state index contributed by atoms with van der Waals surface area (Å²) in [7, 11) is -5.70. The van der Waals surface area contributed by atoms with Crippen LogP contribution in [0.15, 0.2) is 0 Å². The zero-order chi connectivity index (χ0) is 10.4. The minimum atomic E-state index is -3.66. The van der Waals surface area contributed by atoms with Gasteiger partial charge >= 0.3 is 0 Å². The minimum Gasteiger partial charge on any atom is -0.286 e. The van der Waals surface area contributed by atoms with Gasteiger partial charge in [-0.25, -0.2) is 0 Å². The Morgan fingerprint density at radius 1 is 1.25 bits per heavy atom. The Labute approximate surface area is 72.4 Å². The third kappa shape index (κ3) is 22.6. The average Bonchev–Trinajstić information content (AvgIpc) is 1.86. The minimum absolute atomic E-state index is 0.201. The molecule has 0 aromatic carbocycles. The Kier molecular flexibility index (Phi) is 6.53. The lowest BCUT2D eigenvalue weighted by Crippen LogP contribution is -1.97. The lowest BCUT2D eigenvalue weighted by Gasteiger charge is -1.84. The first kappa shape index (κ1) is 14.3. The largest absolute Gasteiger partial charge is 0.286 e. The van der Waals surface area contributed by atoms with Crippen molar-refractivity contribution in [3.05, 3.63) is 0 Å². The van der Waals surface area contributed by atoms with Crippen molar-refractivity contribution in [2.24, 2.45) is 0 Å². The molecule has 8 heteroatoms. The lowest BCUT2D eigenvalue weighted by molar-refractivity contribution is 0.403. The molecule has 0 saturated carbocycles. The Morgan fingerprint density at radius 3 is 1.42 bits per heavy atom. The zero-order valence-corrected chi connectivity index (χ0v) is 8.65. The molecule has 0 saturated heterocycles. The van der Waals surface area contributed by atoms with E-state index in [4.69, 9.17) is 4.55 Å². The van der Waals surface area contributed by atoms with E-state index in [-0.39, 0.29) is 5.75 Å². The quantitative estimate of drug-likeness (QED) is 0.497. The molecule has 0 aromatic rings. The van der Waals surface area contributed by atoms with Crippen LogP contribution in [0.2, 0.25) is 0 Å². The molecule has 0 radical (unpaired) electrons. The Bertz CT molecular complexity index is 254. The van der Waals surface area contributed by atoms with Crippen LogP contribution in [0.1, 0.15) is 6.92 Å². The van der Waals surface area contributed by atoms with Gasteiger partial charge in [0.2, 0.25) is 0 Å². The molecule has 0 bridgehead atoms. The molecule has 76 valence electrons. The molecular weight excluding hydrogens is 208 g/mol. The summed E-state index contributed by atoms with van der Waals surface area (Å²) < 4.78 is 50.4. The SMILES string of the molecule is CCS(=O)(=O)O.COS(C)(=O)=O. The van der Waals surface area contributed by atoms with Gasteiger partial charge < -0.3 is 0 Å². The zero-order valence-electron chi connectivity index (χ0n) is 7.01. The third-order valence-corrected chi connectivity index (χ3v) is 2.00. The predicted molar refractivity (Wildman–Crippen MR) is 43.9 cm³/mol. The highest BCUT2D eigenvalue weighted by Crippen LogP contribution is 1.76. The summed E-state index contributed by atoms with van der Waals surface area (Å²) in [5.74, 6) is -0.201. The number of rotatable bonds is 2. The second-order valence-corrected chi connectivity index (χ2v) is 5.22. The second-order valence-electron chi connectivity index (χ2n) is 1.74. The molecule has 0 fully saturated rings. The van der Waals surface area contributed by atoms with Crippen LogP contribution < -0.4 is 0 Å². The van der Waals surface area contributed by atoms with Crippen molar-refractivity contribution in [3.8, 4) is 0 Å². The molecule has 0 unspecified atom stereocenters. The van der Waals surface area contributed by atoms with E-state index >= 15 is 0 Å². The summed E-state index contributed by atoms with van der Waals surface area (Å²) in [4.78, 5) is 0. The van der Waals surface area contributed by atoms with Gasteiger partial charge in [-0.05, 0) is 6.92 Å². The fourth-order valence-electron chi connectivity index (χ4n) is 0. The first-order valence-corrected chi connectivity index (χ1v) is 6.25. The van der Waals surface area contributed by atoms with E-state index in [1.165, 1.54) is 6.92 Å². The third-order valence-electron chi connectivity index (χ3n) is 0.668. The molecule has 6 nitrogen and oxygen atoms in total. The fourth-order valence-corrected chi connectivity index (χ4v) is 0. The van der Waals surface area contributed by atoms with Crippen molar-refractivity contribution in [2.45, 2.75) is 6.92 Å². The lowest BCUT2D eigenvalue weighted by atomic mass is 11.0. The summed E-state index contributed by atoms with van der Waals surface area (Å²) in [6.07, 6.45) is 0.993.